The molecule has 1 atom stereocenters. The molecule has 0 spiro atoms. The average Bonchev–Trinajstić information content (AvgIpc) is 3.62. The number of carbonyl (C=O) groups excluding carboxylic acids is 2. The predicted molar refractivity (Wildman–Crippen MR) is 167 cm³/mol. The number of Topliss-reactive ketones (excluding diaryl/α,β-unsaturated/α-hetero) is 1. The molecule has 12 heteroatoms. The van der Waals surface area contributed by atoms with E-state index in [9.17, 15) is 14.7 Å². The Labute approximate surface area is 262 Å². The molecular weight excluding hydrogens is 603 g/mol. The summed E-state index contributed by atoms with van der Waals surface area (Å²) in [5.74, 6) is 0.539. The van der Waals surface area contributed by atoms with Crippen LogP contribution in [0, 0.1) is 6.92 Å². The molecule has 2 aliphatic rings. The monoisotopic (exact) mass is 631 g/mol. The van der Waals surface area contributed by atoms with E-state index in [-0.39, 0.29) is 16.5 Å². The van der Waals surface area contributed by atoms with E-state index in [0.29, 0.717) is 64.0 Å². The largest absolute Gasteiger partial charge is 0.507 e. The van der Waals surface area contributed by atoms with Gasteiger partial charge < -0.3 is 24.1 Å². The van der Waals surface area contributed by atoms with Crippen molar-refractivity contribution in [3.05, 3.63) is 88.5 Å². The van der Waals surface area contributed by atoms with Crippen molar-refractivity contribution in [1.82, 2.24) is 10.2 Å². The third-order valence-electron chi connectivity index (χ3n) is 7.15. The molecule has 3 aromatic carbocycles. The van der Waals surface area contributed by atoms with Crippen LogP contribution in [-0.4, -0.2) is 53.9 Å². The fraction of sp³-hybridized carbons (Fsp3) is 0.250. The summed E-state index contributed by atoms with van der Waals surface area (Å²) < 4.78 is 23.2. The van der Waals surface area contributed by atoms with E-state index >= 15 is 0 Å². The molecule has 0 bridgehead atoms. The number of amides is 1. The number of thioether (sulfide) groups is 1. The van der Waals surface area contributed by atoms with Crippen LogP contribution in [0.1, 0.15) is 35.2 Å². The van der Waals surface area contributed by atoms with Gasteiger partial charge in [-0.1, -0.05) is 59.0 Å². The first-order valence-corrected chi connectivity index (χ1v) is 15.7. The molecule has 1 unspecified atom stereocenters. The highest BCUT2D eigenvalue weighted by atomic mass is 32.2. The molecule has 1 saturated heterocycles. The van der Waals surface area contributed by atoms with Crippen molar-refractivity contribution in [2.24, 2.45) is 0 Å². The van der Waals surface area contributed by atoms with E-state index in [1.807, 2.05) is 26.0 Å². The molecule has 6 rings (SSSR count). The number of hydrogen-bond donors (Lipinski definition) is 1. The highest BCUT2D eigenvalue weighted by molar-refractivity contribution is 8.00. The number of carbonyl (C=O) groups is 2. The van der Waals surface area contributed by atoms with Crippen molar-refractivity contribution < 1.29 is 33.6 Å². The molecule has 0 saturated carbocycles. The van der Waals surface area contributed by atoms with E-state index < -0.39 is 17.7 Å². The molecule has 2 aliphatic heterocycles. The number of aromatic nitrogens is 2. The van der Waals surface area contributed by atoms with Crippen LogP contribution in [0.3, 0.4) is 0 Å². The Balaban J connectivity index is 1.41. The van der Waals surface area contributed by atoms with Gasteiger partial charge in [-0.15, -0.1) is 10.2 Å². The molecule has 44 heavy (non-hydrogen) atoms. The molecule has 1 fully saturated rings. The number of aliphatic hydroxyl groups is 1. The fourth-order valence-corrected chi connectivity index (χ4v) is 6.83. The van der Waals surface area contributed by atoms with Crippen molar-refractivity contribution in [3.8, 4) is 23.0 Å². The second kappa shape index (κ2) is 12.6. The first-order valence-electron chi connectivity index (χ1n) is 13.9. The van der Waals surface area contributed by atoms with Gasteiger partial charge in [0, 0.05) is 11.3 Å². The van der Waals surface area contributed by atoms with Crippen molar-refractivity contribution >= 4 is 45.7 Å². The van der Waals surface area contributed by atoms with Crippen LogP contribution in [0.2, 0.25) is 0 Å². The smallest absolute Gasteiger partial charge is 0.301 e. The lowest BCUT2D eigenvalue weighted by Gasteiger charge is -2.24. The minimum Gasteiger partial charge on any atom is -0.507 e. The molecular formula is C32H29N3O7S2. The molecule has 0 radical (unpaired) electrons. The van der Waals surface area contributed by atoms with Gasteiger partial charge in [-0.3, -0.25) is 14.5 Å². The van der Waals surface area contributed by atoms with Gasteiger partial charge in [-0.2, -0.15) is 0 Å². The maximum atomic E-state index is 13.7. The quantitative estimate of drug-likeness (QED) is 0.0781. The Kier molecular flexibility index (Phi) is 8.45. The van der Waals surface area contributed by atoms with Crippen LogP contribution in [0.25, 0.3) is 5.76 Å². The van der Waals surface area contributed by atoms with Crippen LogP contribution < -0.4 is 23.8 Å². The second-order valence-electron chi connectivity index (χ2n) is 10.00. The number of nitrogens with zero attached hydrogens (tertiary/aromatic N) is 3. The number of ketones is 1. The Morgan fingerprint density at radius 1 is 1.02 bits per heavy atom. The molecule has 1 amide bonds. The van der Waals surface area contributed by atoms with Crippen LogP contribution in [-0.2, 0) is 15.3 Å². The number of fused-ring (bicyclic) bond motifs is 1. The summed E-state index contributed by atoms with van der Waals surface area (Å²) in [6.45, 7) is 5.09. The zero-order chi connectivity index (χ0) is 30.8. The van der Waals surface area contributed by atoms with Crippen molar-refractivity contribution in [2.45, 2.75) is 30.0 Å². The first-order chi connectivity index (χ1) is 21.4. The minimum atomic E-state index is -1.02. The van der Waals surface area contributed by atoms with E-state index in [4.69, 9.17) is 18.9 Å². The van der Waals surface area contributed by atoms with Crippen molar-refractivity contribution in [1.29, 1.82) is 0 Å². The predicted octanol–water partition coefficient (Wildman–Crippen LogP) is 5.94. The third kappa shape index (κ3) is 5.70. The average molecular weight is 632 g/mol. The number of aryl methyl sites for hydroxylation is 1. The molecule has 1 aromatic heterocycles. The molecule has 10 nitrogen and oxygen atoms in total. The van der Waals surface area contributed by atoms with Gasteiger partial charge in [0.2, 0.25) is 5.13 Å². The Hall–Kier alpha value is -4.55. The Morgan fingerprint density at radius 2 is 1.80 bits per heavy atom. The van der Waals surface area contributed by atoms with Gasteiger partial charge in [-0.25, -0.2) is 0 Å². The molecule has 1 N–H and O–H groups in total. The SMILES string of the molecule is CCOc1ccc(C2/C(=C(\O)c3ccc4c(c3)OCCO4)C(=O)C(=O)N2c2nnc(SCc3ccc(C)cc3)s2)cc1OC. The fourth-order valence-electron chi connectivity index (χ4n) is 5.01. The summed E-state index contributed by atoms with van der Waals surface area (Å²) in [5, 5.41) is 20.4. The van der Waals surface area contributed by atoms with E-state index in [0.717, 1.165) is 5.56 Å². The number of benzene rings is 3. The van der Waals surface area contributed by atoms with Crippen LogP contribution in [0.15, 0.2) is 70.6 Å². The maximum Gasteiger partial charge on any atom is 0.301 e. The van der Waals surface area contributed by atoms with Crippen molar-refractivity contribution in [3.63, 3.8) is 0 Å². The highest BCUT2D eigenvalue weighted by Crippen LogP contribution is 2.46. The summed E-state index contributed by atoms with van der Waals surface area (Å²) in [6.07, 6.45) is 0. The van der Waals surface area contributed by atoms with Gasteiger partial charge in [-0.05, 0) is 55.3 Å². The van der Waals surface area contributed by atoms with Gasteiger partial charge in [0.05, 0.1) is 25.3 Å². The summed E-state index contributed by atoms with van der Waals surface area (Å²) in [4.78, 5) is 28.6. The number of rotatable bonds is 9. The van der Waals surface area contributed by atoms with Gasteiger partial charge in [0.25, 0.3) is 5.78 Å². The van der Waals surface area contributed by atoms with Gasteiger partial charge in [0.1, 0.15) is 19.0 Å². The van der Waals surface area contributed by atoms with Crippen molar-refractivity contribution in [2.75, 3.05) is 31.8 Å². The van der Waals surface area contributed by atoms with Crippen LogP contribution in [0.5, 0.6) is 23.0 Å². The minimum absolute atomic E-state index is 0.0954. The lowest BCUT2D eigenvalue weighted by Crippen LogP contribution is -2.29. The first kappa shape index (κ1) is 29.5. The molecule has 3 heterocycles. The second-order valence-corrected chi connectivity index (χ2v) is 12.2. The summed E-state index contributed by atoms with van der Waals surface area (Å²) >= 11 is 2.69. The maximum absolute atomic E-state index is 13.7. The Bertz CT molecular complexity index is 1750. The standard InChI is InChI=1S/C32H29N3O7S2/c1-4-40-22-11-9-20(15-24(22)39-3)27-26(28(36)21-10-12-23-25(16-21)42-14-13-41-23)29(37)30(38)35(27)31-33-34-32(44-31)43-17-19-7-5-18(2)6-8-19/h5-12,15-16,27,36H,4,13-14,17H2,1-3H3/b28-26+. The van der Waals surface area contributed by atoms with E-state index in [2.05, 4.69) is 22.3 Å². The molecule has 226 valence electrons. The molecule has 4 aromatic rings. The highest BCUT2D eigenvalue weighted by Gasteiger charge is 2.48. The number of anilines is 1. The lowest BCUT2D eigenvalue weighted by atomic mass is 9.95. The number of methoxy groups -OCH3 is 1. The third-order valence-corrected chi connectivity index (χ3v) is 9.28. The summed E-state index contributed by atoms with van der Waals surface area (Å²) in [7, 11) is 1.51. The van der Waals surface area contributed by atoms with Gasteiger partial charge >= 0.3 is 5.91 Å². The lowest BCUT2D eigenvalue weighted by molar-refractivity contribution is -0.132. The number of hydrogen-bond acceptors (Lipinski definition) is 11. The number of aliphatic hydroxyl groups excluding tert-OH is 1. The normalized spacial score (nSPS) is 17.2. The Morgan fingerprint density at radius 3 is 2.55 bits per heavy atom. The topological polar surface area (TPSA) is 120 Å². The van der Waals surface area contributed by atoms with E-state index in [1.54, 1.807) is 36.4 Å². The summed E-state index contributed by atoms with van der Waals surface area (Å²) in [6, 6.07) is 17.2. The molecule has 0 aliphatic carbocycles. The van der Waals surface area contributed by atoms with Gasteiger partial charge in [0.15, 0.2) is 27.3 Å². The zero-order valence-electron chi connectivity index (χ0n) is 24.2. The summed E-state index contributed by atoms with van der Waals surface area (Å²) in [5.41, 5.74) is 3.03. The van der Waals surface area contributed by atoms with E-state index in [1.165, 1.54) is 40.7 Å². The zero-order valence-corrected chi connectivity index (χ0v) is 25.9. The number of ether oxygens (including phenoxy) is 4. The van der Waals surface area contributed by atoms with Crippen LogP contribution >= 0.6 is 23.1 Å². The van der Waals surface area contributed by atoms with Crippen LogP contribution in [0.4, 0.5) is 5.13 Å².